The third-order valence-corrected chi connectivity index (χ3v) is 3.85. The van der Waals surface area contributed by atoms with Crippen LogP contribution < -0.4 is 5.84 Å². The fourth-order valence-corrected chi connectivity index (χ4v) is 2.49. The fourth-order valence-electron chi connectivity index (χ4n) is 1.80. The molecule has 2 aromatic rings. The Morgan fingerprint density at radius 1 is 1.29 bits per heavy atom. The van der Waals surface area contributed by atoms with Crippen LogP contribution in [0.5, 0.6) is 0 Å². The third kappa shape index (κ3) is 3.96. The molecular formula is C13H22N6OS. The highest BCUT2D eigenvalue weighted by molar-refractivity contribution is 7.98. The lowest BCUT2D eigenvalue weighted by atomic mass is 9.96. The Hall–Kier alpha value is -1.57. The zero-order chi connectivity index (χ0) is 15.5. The first-order valence-electron chi connectivity index (χ1n) is 7.07. The molecule has 21 heavy (non-hydrogen) atoms. The molecule has 0 aliphatic heterocycles. The molecule has 0 aliphatic rings. The summed E-state index contributed by atoms with van der Waals surface area (Å²) in [5.41, 5.74) is -0.141. The summed E-state index contributed by atoms with van der Waals surface area (Å²) in [6, 6.07) is 0. The van der Waals surface area contributed by atoms with E-state index in [1.807, 2.05) is 20.8 Å². The van der Waals surface area contributed by atoms with E-state index in [-0.39, 0.29) is 5.41 Å². The fraction of sp³-hybridized carbons (Fsp3) is 0.692. The number of nitrogens with zero attached hydrogens (tertiary/aromatic N) is 5. The third-order valence-electron chi connectivity index (χ3n) is 2.92. The first-order chi connectivity index (χ1) is 9.91. The van der Waals surface area contributed by atoms with E-state index in [4.69, 9.17) is 10.4 Å². The van der Waals surface area contributed by atoms with Crippen molar-refractivity contribution in [3.63, 3.8) is 0 Å². The molecule has 0 fully saturated rings. The van der Waals surface area contributed by atoms with Crippen molar-refractivity contribution in [3.8, 4) is 0 Å². The zero-order valence-corrected chi connectivity index (χ0v) is 13.8. The van der Waals surface area contributed by atoms with Crippen molar-refractivity contribution in [1.29, 1.82) is 0 Å². The van der Waals surface area contributed by atoms with Crippen LogP contribution in [0.4, 0.5) is 0 Å². The molecule has 0 spiro atoms. The number of hydrogen-bond acceptors (Lipinski definition) is 7. The predicted octanol–water partition coefficient (Wildman–Crippen LogP) is 2.31. The second-order valence-electron chi connectivity index (χ2n) is 5.92. The highest BCUT2D eigenvalue weighted by Crippen LogP contribution is 2.25. The van der Waals surface area contributed by atoms with Crippen LogP contribution in [-0.2, 0) is 17.6 Å². The molecule has 0 saturated carbocycles. The first kappa shape index (κ1) is 15.8. The van der Waals surface area contributed by atoms with Crippen LogP contribution in [-0.4, -0.2) is 25.0 Å². The Bertz CT molecular complexity index is 586. The van der Waals surface area contributed by atoms with E-state index in [2.05, 4.69) is 27.3 Å². The number of nitrogens with two attached hydrogens (primary N) is 1. The van der Waals surface area contributed by atoms with Gasteiger partial charge in [0.25, 0.3) is 0 Å². The molecule has 0 bridgehead atoms. The van der Waals surface area contributed by atoms with Crippen molar-refractivity contribution in [2.75, 3.05) is 5.84 Å². The van der Waals surface area contributed by atoms with Gasteiger partial charge in [0.2, 0.25) is 11.0 Å². The van der Waals surface area contributed by atoms with Gasteiger partial charge in [-0.15, -0.1) is 10.2 Å². The van der Waals surface area contributed by atoms with Crippen LogP contribution in [0.2, 0.25) is 0 Å². The molecule has 116 valence electrons. The van der Waals surface area contributed by atoms with Crippen molar-refractivity contribution in [2.24, 2.45) is 0 Å². The maximum absolute atomic E-state index is 6.03. The summed E-state index contributed by atoms with van der Waals surface area (Å²) >= 11 is 1.44. The zero-order valence-electron chi connectivity index (χ0n) is 13.0. The van der Waals surface area contributed by atoms with Gasteiger partial charge in [0.05, 0.1) is 5.75 Å². The highest BCUT2D eigenvalue weighted by atomic mass is 32.2. The molecule has 0 atom stereocenters. The summed E-state index contributed by atoms with van der Waals surface area (Å²) in [4.78, 5) is 4.35. The number of aryl methyl sites for hydroxylation is 1. The van der Waals surface area contributed by atoms with Crippen molar-refractivity contribution >= 4 is 11.8 Å². The van der Waals surface area contributed by atoms with E-state index in [0.29, 0.717) is 16.8 Å². The van der Waals surface area contributed by atoms with Gasteiger partial charge in [-0.25, -0.2) is 4.68 Å². The average Bonchev–Trinajstić information content (AvgIpc) is 3.00. The van der Waals surface area contributed by atoms with Crippen LogP contribution in [0.3, 0.4) is 0 Å². The number of aromatic nitrogens is 5. The van der Waals surface area contributed by atoms with Gasteiger partial charge in [-0.05, 0) is 6.42 Å². The van der Waals surface area contributed by atoms with Crippen LogP contribution in [0.1, 0.15) is 58.1 Å². The maximum atomic E-state index is 6.03. The van der Waals surface area contributed by atoms with E-state index in [1.165, 1.54) is 16.4 Å². The molecule has 0 amide bonds. The van der Waals surface area contributed by atoms with E-state index in [9.17, 15) is 0 Å². The molecule has 0 unspecified atom stereocenters. The summed E-state index contributed by atoms with van der Waals surface area (Å²) in [6.07, 6.45) is 3.04. The van der Waals surface area contributed by atoms with E-state index in [1.54, 1.807) is 0 Å². The second kappa shape index (κ2) is 6.46. The molecule has 0 aliphatic carbocycles. The van der Waals surface area contributed by atoms with Crippen molar-refractivity contribution in [3.05, 3.63) is 17.5 Å². The summed E-state index contributed by atoms with van der Waals surface area (Å²) < 4.78 is 6.74. The Morgan fingerprint density at radius 2 is 2.05 bits per heavy atom. The minimum Gasteiger partial charge on any atom is -0.338 e. The van der Waals surface area contributed by atoms with E-state index in [0.717, 1.165) is 30.9 Å². The SMILES string of the molecule is CCCCc1noc(CSc2nnc(C(C)(C)C)n2N)n1. The Kier molecular flexibility index (Phi) is 4.87. The van der Waals surface area contributed by atoms with Gasteiger partial charge in [-0.1, -0.05) is 51.0 Å². The van der Waals surface area contributed by atoms with Crippen molar-refractivity contribution < 1.29 is 4.52 Å². The molecular weight excluding hydrogens is 288 g/mol. The average molecular weight is 310 g/mol. The molecule has 0 radical (unpaired) electrons. The van der Waals surface area contributed by atoms with Gasteiger partial charge in [0, 0.05) is 11.8 Å². The van der Waals surface area contributed by atoms with Crippen molar-refractivity contribution in [2.45, 2.75) is 63.3 Å². The predicted molar refractivity (Wildman–Crippen MR) is 81.3 cm³/mol. The lowest BCUT2D eigenvalue weighted by Gasteiger charge is -2.16. The van der Waals surface area contributed by atoms with Crippen LogP contribution in [0, 0.1) is 0 Å². The minimum atomic E-state index is -0.141. The number of hydrogen-bond donors (Lipinski definition) is 1. The summed E-state index contributed by atoms with van der Waals surface area (Å²) in [5.74, 6) is 8.67. The molecule has 0 saturated heterocycles. The summed E-state index contributed by atoms with van der Waals surface area (Å²) in [7, 11) is 0. The van der Waals surface area contributed by atoms with Crippen LogP contribution >= 0.6 is 11.8 Å². The molecule has 8 heteroatoms. The Labute approximate surface area is 128 Å². The lowest BCUT2D eigenvalue weighted by molar-refractivity contribution is 0.384. The number of unbranched alkanes of at least 4 members (excludes halogenated alkanes) is 1. The van der Waals surface area contributed by atoms with Gasteiger partial charge < -0.3 is 10.4 Å². The van der Waals surface area contributed by atoms with Gasteiger partial charge in [0.15, 0.2) is 11.6 Å². The lowest BCUT2D eigenvalue weighted by Crippen LogP contribution is -2.24. The first-order valence-corrected chi connectivity index (χ1v) is 8.05. The number of nitrogen functional groups attached to an aromatic ring is 1. The smallest absolute Gasteiger partial charge is 0.237 e. The number of rotatable bonds is 6. The quantitative estimate of drug-likeness (QED) is 0.646. The normalized spacial score (nSPS) is 12.0. The largest absolute Gasteiger partial charge is 0.338 e. The van der Waals surface area contributed by atoms with Gasteiger partial charge in [0.1, 0.15) is 0 Å². The van der Waals surface area contributed by atoms with E-state index >= 15 is 0 Å². The molecule has 2 heterocycles. The molecule has 2 aromatic heterocycles. The monoisotopic (exact) mass is 310 g/mol. The van der Waals surface area contributed by atoms with Gasteiger partial charge in [-0.2, -0.15) is 4.98 Å². The van der Waals surface area contributed by atoms with Gasteiger partial charge >= 0.3 is 0 Å². The van der Waals surface area contributed by atoms with Crippen LogP contribution in [0.15, 0.2) is 9.68 Å². The summed E-state index contributed by atoms with van der Waals surface area (Å²) in [6.45, 7) is 8.28. The van der Waals surface area contributed by atoms with Gasteiger partial charge in [-0.3, -0.25) is 0 Å². The van der Waals surface area contributed by atoms with E-state index < -0.39 is 0 Å². The maximum Gasteiger partial charge on any atom is 0.237 e. The van der Waals surface area contributed by atoms with Crippen LogP contribution in [0.25, 0.3) is 0 Å². The molecule has 0 aromatic carbocycles. The van der Waals surface area contributed by atoms with Crippen molar-refractivity contribution in [1.82, 2.24) is 25.0 Å². The Morgan fingerprint density at radius 3 is 2.67 bits per heavy atom. The summed E-state index contributed by atoms with van der Waals surface area (Å²) in [5, 5.41) is 12.9. The topological polar surface area (TPSA) is 95.7 Å². The molecule has 2 rings (SSSR count). The molecule has 7 nitrogen and oxygen atoms in total. The molecule has 2 N–H and O–H groups in total. The Balaban J connectivity index is 1.97. The second-order valence-corrected chi connectivity index (χ2v) is 6.87. The standard InChI is InChI=1S/C13H22N6OS/c1-5-6-7-9-15-10(20-18-9)8-21-12-17-16-11(19(12)14)13(2,3)4/h5-8,14H2,1-4H3. The minimum absolute atomic E-state index is 0.141. The highest BCUT2D eigenvalue weighted by Gasteiger charge is 2.23. The number of thioether (sulfide) groups is 1.